The van der Waals surface area contributed by atoms with Crippen molar-refractivity contribution >= 4 is 17.7 Å². The highest BCUT2D eigenvalue weighted by Crippen LogP contribution is 2.57. The van der Waals surface area contributed by atoms with Gasteiger partial charge in [0.2, 0.25) is 5.60 Å². The molecule has 3 aliphatic rings. The van der Waals surface area contributed by atoms with Crippen molar-refractivity contribution in [2.45, 2.75) is 78.2 Å². The minimum atomic E-state index is -1.30. The van der Waals surface area contributed by atoms with Crippen molar-refractivity contribution in [1.82, 2.24) is 0 Å². The second-order valence-corrected chi connectivity index (χ2v) is 8.78. The molecule has 0 radical (unpaired) electrons. The minimum Gasteiger partial charge on any atom is -0.443 e. The zero-order valence-electron chi connectivity index (χ0n) is 16.3. The number of ketones is 1. The summed E-state index contributed by atoms with van der Waals surface area (Å²) in [5, 5.41) is 0. The molecule has 2 aliphatic carbocycles. The lowest BCUT2D eigenvalue weighted by molar-refractivity contribution is -0.167. The largest absolute Gasteiger partial charge is 0.443 e. The lowest BCUT2D eigenvalue weighted by atomic mass is 9.62. The summed E-state index contributed by atoms with van der Waals surface area (Å²) in [6.07, 6.45) is 8.21. The monoisotopic (exact) mass is 362 g/mol. The van der Waals surface area contributed by atoms with E-state index in [-0.39, 0.29) is 11.3 Å². The van der Waals surface area contributed by atoms with E-state index in [4.69, 9.17) is 9.47 Å². The summed E-state index contributed by atoms with van der Waals surface area (Å²) in [7, 11) is 0. The molecule has 5 atom stereocenters. The van der Waals surface area contributed by atoms with Gasteiger partial charge in [-0.3, -0.25) is 9.59 Å². The van der Waals surface area contributed by atoms with E-state index in [9.17, 15) is 14.4 Å². The van der Waals surface area contributed by atoms with Gasteiger partial charge in [0, 0.05) is 31.8 Å². The van der Waals surface area contributed by atoms with E-state index in [1.165, 1.54) is 6.92 Å². The Morgan fingerprint density at radius 1 is 1.35 bits per heavy atom. The fourth-order valence-electron chi connectivity index (χ4n) is 5.58. The van der Waals surface area contributed by atoms with Crippen molar-refractivity contribution in [2.75, 3.05) is 0 Å². The van der Waals surface area contributed by atoms with E-state index < -0.39 is 17.5 Å². The van der Waals surface area contributed by atoms with Crippen LogP contribution in [0, 0.1) is 23.2 Å². The molecule has 5 nitrogen and oxygen atoms in total. The number of carbonyl (C=O) groups excluding carboxylic acids is 3. The SMILES string of the molecule is CC(=O)O[C@]1(C)C=C(CC[C@@H](C)[C@H]2CCC3C(=O)CCC[C@@]32C)OC1=O. The van der Waals surface area contributed by atoms with Crippen molar-refractivity contribution in [3.8, 4) is 0 Å². The van der Waals surface area contributed by atoms with Crippen LogP contribution in [0.1, 0.15) is 72.6 Å². The summed E-state index contributed by atoms with van der Waals surface area (Å²) >= 11 is 0. The van der Waals surface area contributed by atoms with Gasteiger partial charge >= 0.3 is 11.9 Å². The fourth-order valence-corrected chi connectivity index (χ4v) is 5.58. The van der Waals surface area contributed by atoms with Crippen molar-refractivity contribution in [2.24, 2.45) is 23.2 Å². The Morgan fingerprint density at radius 3 is 2.77 bits per heavy atom. The third-order valence-corrected chi connectivity index (χ3v) is 6.89. The summed E-state index contributed by atoms with van der Waals surface area (Å²) in [6, 6.07) is 0. The van der Waals surface area contributed by atoms with E-state index in [2.05, 4.69) is 13.8 Å². The molecule has 0 aromatic rings. The summed E-state index contributed by atoms with van der Waals surface area (Å²) in [6.45, 7) is 7.40. The van der Waals surface area contributed by atoms with Gasteiger partial charge in [0.25, 0.3) is 0 Å². The van der Waals surface area contributed by atoms with Crippen molar-refractivity contribution in [3.63, 3.8) is 0 Å². The van der Waals surface area contributed by atoms with E-state index in [0.29, 0.717) is 29.8 Å². The molecule has 0 N–H and O–H groups in total. The molecule has 0 bridgehead atoms. The van der Waals surface area contributed by atoms with Crippen LogP contribution >= 0.6 is 0 Å². The summed E-state index contributed by atoms with van der Waals surface area (Å²) in [5.41, 5.74) is -1.17. The Morgan fingerprint density at radius 2 is 2.08 bits per heavy atom. The number of Topliss-reactive ketones (excluding diaryl/α,β-unsaturated/α-hetero) is 1. The van der Waals surface area contributed by atoms with Crippen molar-refractivity contribution in [1.29, 1.82) is 0 Å². The first kappa shape index (κ1) is 19.1. The van der Waals surface area contributed by atoms with Crippen molar-refractivity contribution in [3.05, 3.63) is 11.8 Å². The van der Waals surface area contributed by atoms with Crippen LogP contribution in [0.2, 0.25) is 0 Å². The van der Waals surface area contributed by atoms with Crippen molar-refractivity contribution < 1.29 is 23.9 Å². The molecule has 0 spiro atoms. The molecule has 0 aromatic heterocycles. The van der Waals surface area contributed by atoms with E-state index >= 15 is 0 Å². The van der Waals surface area contributed by atoms with Gasteiger partial charge in [0.15, 0.2) is 0 Å². The number of hydrogen-bond acceptors (Lipinski definition) is 5. The highest BCUT2D eigenvalue weighted by atomic mass is 16.6. The van der Waals surface area contributed by atoms with Gasteiger partial charge < -0.3 is 9.47 Å². The van der Waals surface area contributed by atoms with Crippen LogP contribution in [0.4, 0.5) is 0 Å². The number of allylic oxidation sites excluding steroid dienone is 1. The maximum atomic E-state index is 12.3. The molecule has 1 heterocycles. The second kappa shape index (κ2) is 6.82. The lowest BCUT2D eigenvalue weighted by Crippen LogP contribution is -2.39. The molecule has 144 valence electrons. The van der Waals surface area contributed by atoms with Gasteiger partial charge in [-0.1, -0.05) is 13.8 Å². The maximum absolute atomic E-state index is 12.3. The standard InChI is InChI=1S/C21H30O5/c1-13(16-9-10-17-18(23)6-5-11-20(16,17)3)7-8-15-12-21(4,19(24)25-15)26-14(2)22/h12-13,16-17H,5-11H2,1-4H3/t13-,16-,17?,20-,21-/m1/s1. The highest BCUT2D eigenvalue weighted by Gasteiger charge is 2.52. The Hall–Kier alpha value is -1.65. The van der Waals surface area contributed by atoms with E-state index in [1.807, 2.05) is 0 Å². The highest BCUT2D eigenvalue weighted by molar-refractivity contribution is 5.88. The number of hydrogen-bond donors (Lipinski definition) is 0. The minimum absolute atomic E-state index is 0.127. The molecule has 5 heteroatoms. The van der Waals surface area contributed by atoms with Crippen LogP contribution in [0.25, 0.3) is 0 Å². The molecule has 0 amide bonds. The molecule has 1 unspecified atom stereocenters. The Bertz CT molecular complexity index is 651. The molecule has 1 aliphatic heterocycles. The Balaban J connectivity index is 1.62. The molecular formula is C21H30O5. The fraction of sp³-hybridized carbons (Fsp3) is 0.762. The number of rotatable bonds is 5. The molecular weight excluding hydrogens is 332 g/mol. The van der Waals surface area contributed by atoms with E-state index in [0.717, 1.165) is 38.5 Å². The smallest absolute Gasteiger partial charge is 0.359 e. The third kappa shape index (κ3) is 3.33. The molecule has 0 saturated heterocycles. The van der Waals surface area contributed by atoms with Gasteiger partial charge in [-0.15, -0.1) is 0 Å². The van der Waals surface area contributed by atoms with Crippen LogP contribution in [-0.2, 0) is 23.9 Å². The second-order valence-electron chi connectivity index (χ2n) is 8.78. The molecule has 2 fully saturated rings. The number of carbonyl (C=O) groups is 3. The topological polar surface area (TPSA) is 69.7 Å². The first-order chi connectivity index (χ1) is 12.2. The molecule has 26 heavy (non-hydrogen) atoms. The van der Waals surface area contributed by atoms with Gasteiger partial charge in [-0.25, -0.2) is 4.79 Å². The lowest BCUT2D eigenvalue weighted by Gasteiger charge is -2.42. The summed E-state index contributed by atoms with van der Waals surface area (Å²) < 4.78 is 10.4. The number of ether oxygens (including phenoxy) is 2. The number of fused-ring (bicyclic) bond motifs is 1. The summed E-state index contributed by atoms with van der Waals surface area (Å²) in [5.74, 6) is 1.25. The zero-order valence-corrected chi connectivity index (χ0v) is 16.3. The first-order valence-electron chi connectivity index (χ1n) is 9.82. The zero-order chi connectivity index (χ0) is 19.1. The van der Waals surface area contributed by atoms with Crippen LogP contribution < -0.4 is 0 Å². The van der Waals surface area contributed by atoms with Crippen LogP contribution in [0.15, 0.2) is 11.8 Å². The molecule has 3 rings (SSSR count). The maximum Gasteiger partial charge on any atom is 0.359 e. The first-order valence-corrected chi connectivity index (χ1v) is 9.82. The Labute approximate surface area is 155 Å². The average molecular weight is 362 g/mol. The quantitative estimate of drug-likeness (QED) is 0.693. The third-order valence-electron chi connectivity index (χ3n) is 6.89. The van der Waals surface area contributed by atoms with Gasteiger partial charge in [0.05, 0.1) is 0 Å². The number of esters is 2. The van der Waals surface area contributed by atoms with Gasteiger partial charge in [0.1, 0.15) is 11.5 Å². The Kier molecular flexibility index (Phi) is 5.02. The number of cyclic esters (lactones) is 1. The van der Waals surface area contributed by atoms with Crippen LogP contribution in [-0.4, -0.2) is 23.3 Å². The van der Waals surface area contributed by atoms with Gasteiger partial charge in [-0.2, -0.15) is 0 Å². The van der Waals surface area contributed by atoms with E-state index in [1.54, 1.807) is 13.0 Å². The molecule has 0 aromatic carbocycles. The van der Waals surface area contributed by atoms with Crippen LogP contribution in [0.3, 0.4) is 0 Å². The normalized spacial score (nSPS) is 37.8. The van der Waals surface area contributed by atoms with Gasteiger partial charge in [-0.05, 0) is 56.3 Å². The predicted molar refractivity (Wildman–Crippen MR) is 95.9 cm³/mol. The van der Waals surface area contributed by atoms with Crippen LogP contribution in [0.5, 0.6) is 0 Å². The summed E-state index contributed by atoms with van der Waals surface area (Å²) in [4.78, 5) is 35.5. The average Bonchev–Trinajstić information content (AvgIpc) is 3.02. The predicted octanol–water partition coefficient (Wildman–Crippen LogP) is 3.95. The molecule has 2 saturated carbocycles.